The largest absolute Gasteiger partial charge is 1.00 e. The van der Waals surface area contributed by atoms with Crippen molar-refractivity contribution < 1.29 is 18.9 Å². The van der Waals surface area contributed by atoms with E-state index in [2.05, 4.69) is 20.8 Å². The SMILES string of the molecule is CC(C)(C)CC(C)(C)[NH-].[Li+]. The van der Waals surface area contributed by atoms with Crippen molar-refractivity contribution in [1.82, 2.24) is 0 Å². The predicted octanol–water partition coefficient (Wildman–Crippen LogP) is 0.257. The maximum atomic E-state index is 7.59. The van der Waals surface area contributed by atoms with Gasteiger partial charge in [0, 0.05) is 0 Å². The molecule has 56 valence electrons. The van der Waals surface area contributed by atoms with E-state index >= 15 is 0 Å². The molecule has 0 fully saturated rings. The van der Waals surface area contributed by atoms with Gasteiger partial charge < -0.3 is 5.73 Å². The van der Waals surface area contributed by atoms with Crippen molar-refractivity contribution in [2.75, 3.05) is 0 Å². The van der Waals surface area contributed by atoms with Crippen LogP contribution in [0.2, 0.25) is 0 Å². The first-order valence-corrected chi connectivity index (χ1v) is 3.46. The first kappa shape index (κ1) is 13.2. The molecule has 0 aliphatic carbocycles. The molecule has 0 spiro atoms. The van der Waals surface area contributed by atoms with Crippen LogP contribution in [0.5, 0.6) is 0 Å². The Hall–Kier alpha value is 0.557. The molecule has 2 heteroatoms. The quantitative estimate of drug-likeness (QED) is 0.460. The fourth-order valence-corrected chi connectivity index (χ4v) is 1.33. The zero-order valence-electron chi connectivity index (χ0n) is 8.21. The Kier molecular flexibility index (Phi) is 5.01. The molecule has 0 saturated carbocycles. The van der Waals surface area contributed by atoms with Crippen molar-refractivity contribution in [3.05, 3.63) is 5.73 Å². The topological polar surface area (TPSA) is 23.8 Å². The van der Waals surface area contributed by atoms with Gasteiger partial charge in [0.1, 0.15) is 0 Å². The van der Waals surface area contributed by atoms with Gasteiger partial charge >= 0.3 is 18.9 Å². The fourth-order valence-electron chi connectivity index (χ4n) is 1.33. The molecular weight excluding hydrogens is 117 g/mol. The van der Waals surface area contributed by atoms with Crippen molar-refractivity contribution in [2.45, 2.75) is 46.6 Å². The van der Waals surface area contributed by atoms with Crippen LogP contribution in [-0.4, -0.2) is 5.54 Å². The zero-order valence-corrected chi connectivity index (χ0v) is 8.21. The van der Waals surface area contributed by atoms with E-state index in [1.54, 1.807) is 0 Å². The molecule has 0 heterocycles. The smallest absolute Gasteiger partial charge is 0.672 e. The van der Waals surface area contributed by atoms with Crippen molar-refractivity contribution in [2.24, 2.45) is 5.41 Å². The third-order valence-electron chi connectivity index (χ3n) is 0.972. The van der Waals surface area contributed by atoms with Gasteiger partial charge in [-0.3, -0.25) is 0 Å². The van der Waals surface area contributed by atoms with Crippen LogP contribution < -0.4 is 18.9 Å². The van der Waals surface area contributed by atoms with Gasteiger partial charge in [0.05, 0.1) is 0 Å². The molecule has 0 saturated heterocycles. The van der Waals surface area contributed by atoms with E-state index in [0.29, 0.717) is 5.41 Å². The van der Waals surface area contributed by atoms with E-state index in [-0.39, 0.29) is 24.4 Å². The second kappa shape index (κ2) is 3.81. The third kappa shape index (κ3) is 11.4. The minimum Gasteiger partial charge on any atom is -0.672 e. The molecule has 0 aromatic carbocycles. The summed E-state index contributed by atoms with van der Waals surface area (Å²) in [5.74, 6) is 0. The van der Waals surface area contributed by atoms with E-state index in [0.717, 1.165) is 6.42 Å². The standard InChI is InChI=1S/C8H18N.Li/c1-7(2,3)6-8(4,5)9;/h9H,6H2,1-5H3;/q-1;+1. The molecule has 1 N–H and O–H groups in total. The summed E-state index contributed by atoms with van der Waals surface area (Å²) in [4.78, 5) is 0. The van der Waals surface area contributed by atoms with E-state index in [1.165, 1.54) is 0 Å². The Balaban J connectivity index is 0. The first-order chi connectivity index (χ1) is 3.71. The zero-order chi connectivity index (χ0) is 7.71. The van der Waals surface area contributed by atoms with E-state index in [1.807, 2.05) is 13.8 Å². The van der Waals surface area contributed by atoms with Gasteiger partial charge in [0.25, 0.3) is 0 Å². The molecule has 0 unspecified atom stereocenters. The van der Waals surface area contributed by atoms with Gasteiger partial charge in [0.15, 0.2) is 0 Å². The second-order valence-corrected chi connectivity index (χ2v) is 4.62. The number of hydrogen-bond acceptors (Lipinski definition) is 0. The number of hydrogen-bond donors (Lipinski definition) is 0. The van der Waals surface area contributed by atoms with Crippen LogP contribution in [0, 0.1) is 5.41 Å². The van der Waals surface area contributed by atoms with Gasteiger partial charge in [-0.05, 0) is 5.41 Å². The van der Waals surface area contributed by atoms with Crippen molar-refractivity contribution in [3.63, 3.8) is 0 Å². The fraction of sp³-hybridized carbons (Fsp3) is 1.00. The average molecular weight is 135 g/mol. The Morgan fingerprint density at radius 1 is 1.00 bits per heavy atom. The molecule has 0 amide bonds. The van der Waals surface area contributed by atoms with E-state index < -0.39 is 0 Å². The van der Waals surface area contributed by atoms with Crippen LogP contribution in [-0.2, 0) is 0 Å². The van der Waals surface area contributed by atoms with E-state index in [4.69, 9.17) is 5.73 Å². The van der Waals surface area contributed by atoms with Crippen LogP contribution in [0.15, 0.2) is 0 Å². The Bertz CT molecular complexity index is 74.4. The molecule has 0 aromatic heterocycles. The summed E-state index contributed by atoms with van der Waals surface area (Å²) in [6.07, 6.45) is 0.958. The average Bonchev–Trinajstić information content (AvgIpc) is 1.14. The maximum absolute atomic E-state index is 7.59. The molecule has 0 aliphatic heterocycles. The number of nitrogens with one attached hydrogen (secondary N) is 1. The molecule has 0 atom stereocenters. The summed E-state index contributed by atoms with van der Waals surface area (Å²) >= 11 is 0. The molecule has 0 rings (SSSR count). The van der Waals surface area contributed by atoms with Gasteiger partial charge in [-0.15, -0.1) is 5.54 Å². The minimum atomic E-state index is -0.266. The molecule has 10 heavy (non-hydrogen) atoms. The minimum absolute atomic E-state index is 0. The third-order valence-corrected chi connectivity index (χ3v) is 0.972. The second-order valence-electron chi connectivity index (χ2n) is 4.62. The molecule has 0 aliphatic rings. The van der Waals surface area contributed by atoms with Crippen molar-refractivity contribution >= 4 is 0 Å². The summed E-state index contributed by atoms with van der Waals surface area (Å²) < 4.78 is 0. The van der Waals surface area contributed by atoms with Crippen molar-refractivity contribution in [3.8, 4) is 0 Å². The maximum Gasteiger partial charge on any atom is 1.00 e. The van der Waals surface area contributed by atoms with Crippen LogP contribution in [0.3, 0.4) is 0 Å². The normalized spacial score (nSPS) is 12.6. The monoisotopic (exact) mass is 135 g/mol. The summed E-state index contributed by atoms with van der Waals surface area (Å²) in [5, 5.41) is 0. The Morgan fingerprint density at radius 3 is 1.30 bits per heavy atom. The van der Waals surface area contributed by atoms with Crippen LogP contribution in [0.25, 0.3) is 5.73 Å². The Morgan fingerprint density at radius 2 is 1.30 bits per heavy atom. The number of rotatable bonds is 1. The molecule has 0 aromatic rings. The summed E-state index contributed by atoms with van der Waals surface area (Å²) in [7, 11) is 0. The summed E-state index contributed by atoms with van der Waals surface area (Å²) in [6, 6.07) is 0. The van der Waals surface area contributed by atoms with Gasteiger partial charge in [-0.2, -0.15) is 0 Å². The predicted molar refractivity (Wildman–Crippen MR) is 42.5 cm³/mol. The summed E-state index contributed by atoms with van der Waals surface area (Å²) in [6.45, 7) is 10.4. The molecule has 1 nitrogen and oxygen atoms in total. The molecule has 0 bridgehead atoms. The Labute approximate surface area is 76.9 Å². The summed E-state index contributed by atoms with van der Waals surface area (Å²) in [5.41, 5.74) is 7.62. The van der Waals surface area contributed by atoms with Crippen LogP contribution in [0.4, 0.5) is 0 Å². The molecule has 0 radical (unpaired) electrons. The van der Waals surface area contributed by atoms with E-state index in [9.17, 15) is 0 Å². The van der Waals surface area contributed by atoms with Gasteiger partial charge in [-0.25, -0.2) is 0 Å². The van der Waals surface area contributed by atoms with Gasteiger partial charge in [0.2, 0.25) is 0 Å². The van der Waals surface area contributed by atoms with Crippen LogP contribution >= 0.6 is 0 Å². The molecular formula is C8H18LiN. The first-order valence-electron chi connectivity index (χ1n) is 3.46. The van der Waals surface area contributed by atoms with Crippen molar-refractivity contribution in [1.29, 1.82) is 0 Å². The van der Waals surface area contributed by atoms with Crippen LogP contribution in [0.1, 0.15) is 41.0 Å². The van der Waals surface area contributed by atoms with Gasteiger partial charge in [-0.1, -0.05) is 41.0 Å².